The molecule has 0 radical (unpaired) electrons. The zero-order valence-corrected chi connectivity index (χ0v) is 12.4. The van der Waals surface area contributed by atoms with E-state index >= 15 is 0 Å². The second-order valence-electron chi connectivity index (χ2n) is 6.13. The van der Waals surface area contributed by atoms with Gasteiger partial charge < -0.3 is 9.80 Å². The van der Waals surface area contributed by atoms with Crippen molar-refractivity contribution in [2.24, 2.45) is 0 Å². The predicted octanol–water partition coefficient (Wildman–Crippen LogP) is 2.80. The third kappa shape index (κ3) is 3.43. The van der Waals surface area contributed by atoms with E-state index in [1.54, 1.807) is 12.1 Å². The summed E-state index contributed by atoms with van der Waals surface area (Å²) in [6, 6.07) is 7.28. The second kappa shape index (κ2) is 6.56. The SMILES string of the molecule is O=C1CCC(N2CCCC2)CCN1Cc1ccccc1F. The summed E-state index contributed by atoms with van der Waals surface area (Å²) in [7, 11) is 0. The third-order valence-corrected chi connectivity index (χ3v) is 4.75. The molecule has 0 saturated carbocycles. The smallest absolute Gasteiger partial charge is 0.222 e. The number of carbonyl (C=O) groups is 1. The van der Waals surface area contributed by atoms with Crippen LogP contribution in [0.2, 0.25) is 0 Å². The van der Waals surface area contributed by atoms with Crippen molar-refractivity contribution < 1.29 is 9.18 Å². The zero-order valence-electron chi connectivity index (χ0n) is 12.4. The molecule has 4 heteroatoms. The molecule has 2 aliphatic heterocycles. The molecule has 3 nitrogen and oxygen atoms in total. The topological polar surface area (TPSA) is 23.6 Å². The van der Waals surface area contributed by atoms with Crippen molar-refractivity contribution in [3.8, 4) is 0 Å². The maximum atomic E-state index is 13.7. The van der Waals surface area contributed by atoms with E-state index in [4.69, 9.17) is 0 Å². The highest BCUT2D eigenvalue weighted by molar-refractivity contribution is 5.76. The quantitative estimate of drug-likeness (QED) is 0.854. The molecule has 2 heterocycles. The second-order valence-corrected chi connectivity index (χ2v) is 6.13. The van der Waals surface area contributed by atoms with Crippen LogP contribution in [-0.2, 0) is 11.3 Å². The van der Waals surface area contributed by atoms with Crippen LogP contribution in [0.25, 0.3) is 0 Å². The Balaban J connectivity index is 1.64. The number of amides is 1. The average molecular weight is 290 g/mol. The summed E-state index contributed by atoms with van der Waals surface area (Å²) in [5.41, 5.74) is 0.616. The molecule has 1 amide bonds. The van der Waals surface area contributed by atoms with Gasteiger partial charge in [0, 0.05) is 31.1 Å². The number of nitrogens with zero attached hydrogens (tertiary/aromatic N) is 2. The number of hydrogen-bond acceptors (Lipinski definition) is 2. The van der Waals surface area contributed by atoms with E-state index in [9.17, 15) is 9.18 Å². The van der Waals surface area contributed by atoms with Crippen LogP contribution in [-0.4, -0.2) is 41.4 Å². The van der Waals surface area contributed by atoms with Gasteiger partial charge in [-0.25, -0.2) is 4.39 Å². The molecule has 114 valence electrons. The van der Waals surface area contributed by atoms with E-state index < -0.39 is 0 Å². The normalized spacial score (nSPS) is 24.3. The van der Waals surface area contributed by atoms with Gasteiger partial charge in [-0.1, -0.05) is 18.2 Å². The number of carbonyl (C=O) groups excluding carboxylic acids is 1. The van der Waals surface area contributed by atoms with Crippen LogP contribution in [0, 0.1) is 5.82 Å². The van der Waals surface area contributed by atoms with Crippen molar-refractivity contribution >= 4 is 5.91 Å². The van der Waals surface area contributed by atoms with Crippen LogP contribution >= 0.6 is 0 Å². The molecule has 0 bridgehead atoms. The fourth-order valence-electron chi connectivity index (χ4n) is 3.49. The minimum absolute atomic E-state index is 0.167. The van der Waals surface area contributed by atoms with Crippen LogP contribution in [0.1, 0.15) is 37.7 Å². The third-order valence-electron chi connectivity index (χ3n) is 4.75. The van der Waals surface area contributed by atoms with E-state index in [0.29, 0.717) is 24.6 Å². The Labute approximate surface area is 125 Å². The lowest BCUT2D eigenvalue weighted by Crippen LogP contribution is -2.34. The first kappa shape index (κ1) is 14.5. The summed E-state index contributed by atoms with van der Waals surface area (Å²) in [4.78, 5) is 16.6. The molecule has 1 aromatic carbocycles. The molecule has 0 aromatic heterocycles. The van der Waals surface area contributed by atoms with Gasteiger partial charge in [0.15, 0.2) is 0 Å². The summed E-state index contributed by atoms with van der Waals surface area (Å²) in [5, 5.41) is 0. The highest BCUT2D eigenvalue weighted by atomic mass is 19.1. The molecule has 21 heavy (non-hydrogen) atoms. The predicted molar refractivity (Wildman–Crippen MR) is 80.3 cm³/mol. The molecule has 2 saturated heterocycles. The molecule has 1 aromatic rings. The number of benzene rings is 1. The Hall–Kier alpha value is -1.42. The highest BCUT2D eigenvalue weighted by Gasteiger charge is 2.28. The fourth-order valence-corrected chi connectivity index (χ4v) is 3.49. The van der Waals surface area contributed by atoms with Gasteiger partial charge >= 0.3 is 0 Å². The van der Waals surface area contributed by atoms with Gasteiger partial charge in [-0.2, -0.15) is 0 Å². The molecule has 2 aliphatic rings. The van der Waals surface area contributed by atoms with Gasteiger partial charge in [0.25, 0.3) is 0 Å². The minimum atomic E-state index is -0.217. The van der Waals surface area contributed by atoms with Crippen molar-refractivity contribution in [3.63, 3.8) is 0 Å². The molecule has 1 unspecified atom stereocenters. The molecular weight excluding hydrogens is 267 g/mol. The van der Waals surface area contributed by atoms with E-state index in [-0.39, 0.29) is 11.7 Å². The monoisotopic (exact) mass is 290 g/mol. The summed E-state index contributed by atoms with van der Waals surface area (Å²) in [6.45, 7) is 3.49. The Kier molecular flexibility index (Phi) is 4.54. The van der Waals surface area contributed by atoms with Crippen molar-refractivity contribution in [2.45, 2.75) is 44.7 Å². The number of halogens is 1. The molecule has 0 N–H and O–H groups in total. The summed E-state index contributed by atoms with van der Waals surface area (Å²) >= 11 is 0. The minimum Gasteiger partial charge on any atom is -0.338 e. The molecule has 2 fully saturated rings. The molecular formula is C17H23FN2O. The molecule has 0 spiro atoms. The first-order chi connectivity index (χ1) is 10.2. The van der Waals surface area contributed by atoms with Gasteiger partial charge in [0.05, 0.1) is 0 Å². The van der Waals surface area contributed by atoms with Gasteiger partial charge in [0.1, 0.15) is 5.82 Å². The Morgan fingerprint density at radius 3 is 2.62 bits per heavy atom. The molecule has 0 aliphatic carbocycles. The maximum Gasteiger partial charge on any atom is 0.222 e. The van der Waals surface area contributed by atoms with Gasteiger partial charge in [-0.05, 0) is 44.8 Å². The Bertz CT molecular complexity index is 499. The van der Waals surface area contributed by atoms with Crippen LogP contribution in [0.4, 0.5) is 4.39 Å². The number of likely N-dealkylation sites (tertiary alicyclic amines) is 2. The van der Waals surface area contributed by atoms with E-state index in [1.165, 1.54) is 32.0 Å². The van der Waals surface area contributed by atoms with Crippen LogP contribution in [0.5, 0.6) is 0 Å². The fraction of sp³-hybridized carbons (Fsp3) is 0.588. The first-order valence-corrected chi connectivity index (χ1v) is 7.99. The van der Waals surface area contributed by atoms with Crippen molar-refractivity contribution in [1.82, 2.24) is 9.80 Å². The summed E-state index contributed by atoms with van der Waals surface area (Å²) in [5.74, 6) is -0.0504. The highest BCUT2D eigenvalue weighted by Crippen LogP contribution is 2.23. The van der Waals surface area contributed by atoms with E-state index in [2.05, 4.69) is 4.90 Å². The maximum absolute atomic E-state index is 13.7. The zero-order chi connectivity index (χ0) is 14.7. The van der Waals surface area contributed by atoms with Gasteiger partial charge in [0.2, 0.25) is 5.91 Å². The van der Waals surface area contributed by atoms with Crippen molar-refractivity contribution in [3.05, 3.63) is 35.6 Å². The van der Waals surface area contributed by atoms with Gasteiger partial charge in [-0.15, -0.1) is 0 Å². The molecule has 3 rings (SSSR count). The standard InChI is InChI=1S/C17H23FN2O/c18-16-6-2-1-5-14(16)13-20-12-9-15(7-8-17(20)21)19-10-3-4-11-19/h1-2,5-6,15H,3-4,7-13H2. The largest absolute Gasteiger partial charge is 0.338 e. The lowest BCUT2D eigenvalue weighted by molar-refractivity contribution is -0.131. The van der Waals surface area contributed by atoms with Crippen molar-refractivity contribution in [1.29, 1.82) is 0 Å². The van der Waals surface area contributed by atoms with Crippen LogP contribution in [0.15, 0.2) is 24.3 Å². The summed E-state index contributed by atoms with van der Waals surface area (Å²) < 4.78 is 13.7. The van der Waals surface area contributed by atoms with Crippen LogP contribution in [0.3, 0.4) is 0 Å². The Morgan fingerprint density at radius 1 is 1.10 bits per heavy atom. The Morgan fingerprint density at radius 2 is 1.86 bits per heavy atom. The summed E-state index contributed by atoms with van der Waals surface area (Å²) in [6.07, 6.45) is 5.12. The van der Waals surface area contributed by atoms with Gasteiger partial charge in [-0.3, -0.25) is 4.79 Å². The average Bonchev–Trinajstić information content (AvgIpc) is 2.95. The van der Waals surface area contributed by atoms with E-state index in [0.717, 1.165) is 19.4 Å². The first-order valence-electron chi connectivity index (χ1n) is 7.99. The number of rotatable bonds is 3. The van der Waals surface area contributed by atoms with Crippen molar-refractivity contribution in [2.75, 3.05) is 19.6 Å². The van der Waals surface area contributed by atoms with E-state index in [1.807, 2.05) is 11.0 Å². The van der Waals surface area contributed by atoms with Crippen LogP contribution < -0.4 is 0 Å². The lowest BCUT2D eigenvalue weighted by Gasteiger charge is -2.26. The molecule has 1 atom stereocenters. The lowest BCUT2D eigenvalue weighted by atomic mass is 10.1. The number of hydrogen-bond donors (Lipinski definition) is 0.